The van der Waals surface area contributed by atoms with Crippen molar-refractivity contribution in [3.05, 3.63) is 29.8 Å². The van der Waals surface area contributed by atoms with E-state index in [4.69, 9.17) is 15.7 Å². The van der Waals surface area contributed by atoms with Crippen molar-refractivity contribution in [2.45, 2.75) is 19.3 Å². The Balaban J connectivity index is 3.05. The van der Waals surface area contributed by atoms with E-state index in [1.807, 2.05) is 38.1 Å². The van der Waals surface area contributed by atoms with Gasteiger partial charge in [-0.1, -0.05) is 17.3 Å². The van der Waals surface area contributed by atoms with Crippen LogP contribution in [0.5, 0.6) is 5.75 Å². The topological polar surface area (TPSA) is 67.8 Å². The maximum atomic E-state index is 8.67. The Morgan fingerprint density at radius 1 is 1.33 bits per heavy atom. The SMILES string of the molecule is COc1ccc(C(C)(C)/C(N)=N/O)cc1. The number of rotatable bonds is 3. The number of oxime groups is 1. The second-order valence-corrected chi connectivity index (χ2v) is 3.84. The summed E-state index contributed by atoms with van der Waals surface area (Å²) in [5, 5.41) is 11.7. The monoisotopic (exact) mass is 208 g/mol. The molecule has 0 aromatic heterocycles. The summed E-state index contributed by atoms with van der Waals surface area (Å²) in [7, 11) is 1.61. The number of nitrogens with two attached hydrogens (primary N) is 1. The first-order valence-corrected chi connectivity index (χ1v) is 4.65. The highest BCUT2D eigenvalue weighted by Gasteiger charge is 2.25. The molecule has 4 heteroatoms. The van der Waals surface area contributed by atoms with Crippen molar-refractivity contribution in [2.24, 2.45) is 10.9 Å². The standard InChI is InChI=1S/C11H16N2O2/c1-11(2,10(12)13-14)8-4-6-9(15-3)7-5-8/h4-7,14H,1-3H3,(H2,12,13). The van der Waals surface area contributed by atoms with Gasteiger partial charge in [0.15, 0.2) is 0 Å². The zero-order chi connectivity index (χ0) is 11.5. The highest BCUT2D eigenvalue weighted by molar-refractivity contribution is 5.90. The number of amidine groups is 1. The summed E-state index contributed by atoms with van der Waals surface area (Å²) in [5.41, 5.74) is 6.11. The quantitative estimate of drug-likeness (QED) is 0.344. The van der Waals surface area contributed by atoms with E-state index in [9.17, 15) is 0 Å². The number of benzene rings is 1. The zero-order valence-corrected chi connectivity index (χ0v) is 9.19. The van der Waals surface area contributed by atoms with E-state index in [2.05, 4.69) is 5.16 Å². The number of hydrogen-bond acceptors (Lipinski definition) is 3. The van der Waals surface area contributed by atoms with Gasteiger partial charge in [0.25, 0.3) is 0 Å². The summed E-state index contributed by atoms with van der Waals surface area (Å²) in [6, 6.07) is 7.50. The fourth-order valence-corrected chi connectivity index (χ4v) is 1.28. The molecule has 0 spiro atoms. The molecule has 82 valence electrons. The van der Waals surface area contributed by atoms with Crippen LogP contribution in [0.3, 0.4) is 0 Å². The van der Waals surface area contributed by atoms with Gasteiger partial charge in [-0.15, -0.1) is 0 Å². The van der Waals surface area contributed by atoms with Gasteiger partial charge in [0.1, 0.15) is 11.6 Å². The van der Waals surface area contributed by atoms with E-state index in [1.165, 1.54) is 0 Å². The minimum absolute atomic E-state index is 0.188. The van der Waals surface area contributed by atoms with Crippen molar-refractivity contribution < 1.29 is 9.94 Å². The molecule has 0 heterocycles. The van der Waals surface area contributed by atoms with Crippen molar-refractivity contribution in [3.63, 3.8) is 0 Å². The smallest absolute Gasteiger partial charge is 0.149 e. The second-order valence-electron chi connectivity index (χ2n) is 3.84. The van der Waals surface area contributed by atoms with Crippen LogP contribution >= 0.6 is 0 Å². The van der Waals surface area contributed by atoms with Crippen LogP contribution in [0.2, 0.25) is 0 Å². The van der Waals surface area contributed by atoms with Crippen molar-refractivity contribution in [1.29, 1.82) is 0 Å². The maximum Gasteiger partial charge on any atom is 0.149 e. The summed E-state index contributed by atoms with van der Waals surface area (Å²) in [6.45, 7) is 3.79. The lowest BCUT2D eigenvalue weighted by atomic mass is 9.83. The number of methoxy groups -OCH3 is 1. The first-order valence-electron chi connectivity index (χ1n) is 4.65. The molecule has 3 N–H and O–H groups in total. The van der Waals surface area contributed by atoms with E-state index in [1.54, 1.807) is 7.11 Å². The third kappa shape index (κ3) is 2.21. The molecule has 1 aromatic rings. The van der Waals surface area contributed by atoms with E-state index in [-0.39, 0.29) is 5.84 Å². The molecule has 0 atom stereocenters. The summed E-state index contributed by atoms with van der Waals surface area (Å²) >= 11 is 0. The fourth-order valence-electron chi connectivity index (χ4n) is 1.28. The van der Waals surface area contributed by atoms with Gasteiger partial charge in [0.2, 0.25) is 0 Å². The Bertz CT molecular complexity index is 355. The summed E-state index contributed by atoms with van der Waals surface area (Å²) < 4.78 is 5.06. The minimum Gasteiger partial charge on any atom is -0.497 e. The average Bonchev–Trinajstić information content (AvgIpc) is 2.28. The predicted molar refractivity (Wildman–Crippen MR) is 59.4 cm³/mol. The Hall–Kier alpha value is -1.71. The van der Waals surface area contributed by atoms with Gasteiger partial charge in [-0.05, 0) is 31.5 Å². The second kappa shape index (κ2) is 4.21. The molecule has 4 nitrogen and oxygen atoms in total. The molecule has 0 saturated carbocycles. The first kappa shape index (κ1) is 11.4. The number of hydrogen-bond donors (Lipinski definition) is 2. The average molecular weight is 208 g/mol. The Labute approximate surface area is 89.4 Å². The molecular weight excluding hydrogens is 192 g/mol. The van der Waals surface area contributed by atoms with Gasteiger partial charge in [-0.2, -0.15) is 0 Å². The summed E-state index contributed by atoms with van der Waals surface area (Å²) in [5.74, 6) is 0.974. The van der Waals surface area contributed by atoms with E-state index >= 15 is 0 Å². The lowest BCUT2D eigenvalue weighted by Crippen LogP contribution is -2.35. The van der Waals surface area contributed by atoms with Crippen LogP contribution in [0, 0.1) is 0 Å². The van der Waals surface area contributed by atoms with Crippen molar-refractivity contribution in [3.8, 4) is 5.75 Å². The Kier molecular flexibility index (Phi) is 3.19. The largest absolute Gasteiger partial charge is 0.497 e. The van der Waals surface area contributed by atoms with Crippen molar-refractivity contribution in [2.75, 3.05) is 7.11 Å². The molecule has 0 radical (unpaired) electrons. The van der Waals surface area contributed by atoms with Gasteiger partial charge in [-0.3, -0.25) is 0 Å². The van der Waals surface area contributed by atoms with Crippen molar-refractivity contribution >= 4 is 5.84 Å². The molecule has 0 amide bonds. The highest BCUT2D eigenvalue weighted by Crippen LogP contribution is 2.25. The van der Waals surface area contributed by atoms with Gasteiger partial charge < -0.3 is 15.7 Å². The van der Waals surface area contributed by atoms with Crippen molar-refractivity contribution in [1.82, 2.24) is 0 Å². The molecule has 0 saturated heterocycles. The molecule has 0 aliphatic rings. The van der Waals surface area contributed by atoms with Gasteiger partial charge in [0, 0.05) is 0 Å². The van der Waals surface area contributed by atoms with Crippen LogP contribution in [-0.2, 0) is 5.41 Å². The zero-order valence-electron chi connectivity index (χ0n) is 9.19. The van der Waals surface area contributed by atoms with Gasteiger partial charge in [0.05, 0.1) is 12.5 Å². The molecule has 0 aliphatic heterocycles. The van der Waals surface area contributed by atoms with Crippen LogP contribution in [-0.4, -0.2) is 18.2 Å². The molecule has 0 bridgehead atoms. The van der Waals surface area contributed by atoms with E-state index in [0.717, 1.165) is 11.3 Å². The molecule has 1 aromatic carbocycles. The van der Waals surface area contributed by atoms with E-state index in [0.29, 0.717) is 0 Å². The lowest BCUT2D eigenvalue weighted by Gasteiger charge is -2.23. The fraction of sp³-hybridized carbons (Fsp3) is 0.364. The lowest BCUT2D eigenvalue weighted by molar-refractivity contribution is 0.313. The normalized spacial score (nSPS) is 12.6. The molecule has 0 aliphatic carbocycles. The highest BCUT2D eigenvalue weighted by atomic mass is 16.5. The van der Waals surface area contributed by atoms with Crippen LogP contribution < -0.4 is 10.5 Å². The van der Waals surface area contributed by atoms with Gasteiger partial charge in [-0.25, -0.2) is 0 Å². The molecule has 0 fully saturated rings. The summed E-state index contributed by atoms with van der Waals surface area (Å²) in [6.07, 6.45) is 0. The molecule has 15 heavy (non-hydrogen) atoms. The minimum atomic E-state index is -0.485. The van der Waals surface area contributed by atoms with Crippen LogP contribution in [0.1, 0.15) is 19.4 Å². The van der Waals surface area contributed by atoms with Crippen LogP contribution in [0.25, 0.3) is 0 Å². The third-order valence-corrected chi connectivity index (χ3v) is 2.56. The number of ether oxygens (including phenoxy) is 1. The Morgan fingerprint density at radius 2 is 1.87 bits per heavy atom. The molecule has 1 rings (SSSR count). The first-order chi connectivity index (χ1) is 7.02. The predicted octanol–water partition coefficient (Wildman–Crippen LogP) is 1.72. The van der Waals surface area contributed by atoms with Crippen LogP contribution in [0.15, 0.2) is 29.4 Å². The van der Waals surface area contributed by atoms with E-state index < -0.39 is 5.41 Å². The number of nitrogens with zero attached hydrogens (tertiary/aromatic N) is 1. The molecular formula is C11H16N2O2. The van der Waals surface area contributed by atoms with Crippen LogP contribution in [0.4, 0.5) is 0 Å². The van der Waals surface area contributed by atoms with Gasteiger partial charge >= 0.3 is 0 Å². The summed E-state index contributed by atoms with van der Waals surface area (Å²) in [4.78, 5) is 0. The Morgan fingerprint density at radius 3 is 2.27 bits per heavy atom. The molecule has 0 unspecified atom stereocenters. The third-order valence-electron chi connectivity index (χ3n) is 2.56. The maximum absolute atomic E-state index is 8.67.